The molecule has 1 aliphatic rings. The van der Waals surface area contributed by atoms with Gasteiger partial charge in [-0.15, -0.1) is 0 Å². The molecule has 0 unspecified atom stereocenters. The smallest absolute Gasteiger partial charge is 0.351 e. The van der Waals surface area contributed by atoms with Gasteiger partial charge in [-0.1, -0.05) is 17.7 Å². The third-order valence-corrected chi connectivity index (χ3v) is 2.81. The number of ether oxygens (including phenoxy) is 1. The number of carbonyl (C=O) groups is 2. The minimum Gasteiger partial charge on any atom is -0.462 e. The highest BCUT2D eigenvalue weighted by Crippen LogP contribution is 2.29. The Morgan fingerprint density at radius 3 is 2.84 bits per heavy atom. The standard InChI is InChI=1S/C13H9ClN2O3/c1-2-19-13(18)10(6-15)11-8-4-3-7(14)5-9(8)12(17)16-11/h3-5H,2H2,1H3,(H,16,17)/b11-10-. The zero-order valence-corrected chi connectivity index (χ0v) is 10.7. The van der Waals surface area contributed by atoms with E-state index in [4.69, 9.17) is 21.6 Å². The summed E-state index contributed by atoms with van der Waals surface area (Å²) in [7, 11) is 0. The van der Waals surface area contributed by atoms with E-state index in [1.54, 1.807) is 25.1 Å². The molecule has 1 aromatic rings. The third kappa shape index (κ3) is 2.30. The SMILES string of the molecule is CCOC(=O)/C(C#N)=C1\NC(=O)c2cc(Cl)ccc21. The van der Waals surface area contributed by atoms with Crippen LogP contribution in [0.5, 0.6) is 0 Å². The van der Waals surface area contributed by atoms with Gasteiger partial charge in [0.15, 0.2) is 5.57 Å². The Balaban J connectivity index is 2.58. The molecule has 0 atom stereocenters. The lowest BCUT2D eigenvalue weighted by Crippen LogP contribution is -2.17. The van der Waals surface area contributed by atoms with Crippen molar-refractivity contribution in [2.75, 3.05) is 6.61 Å². The van der Waals surface area contributed by atoms with Gasteiger partial charge in [0.1, 0.15) is 6.07 Å². The number of nitrogens with one attached hydrogen (secondary N) is 1. The van der Waals surface area contributed by atoms with Gasteiger partial charge in [0, 0.05) is 10.6 Å². The van der Waals surface area contributed by atoms with Crippen molar-refractivity contribution in [1.29, 1.82) is 5.26 Å². The fraction of sp³-hybridized carbons (Fsp3) is 0.154. The van der Waals surface area contributed by atoms with E-state index in [2.05, 4.69) is 5.32 Å². The molecule has 1 N–H and O–H groups in total. The van der Waals surface area contributed by atoms with Gasteiger partial charge in [-0.2, -0.15) is 5.26 Å². The molecule has 0 spiro atoms. The van der Waals surface area contributed by atoms with Crippen molar-refractivity contribution in [1.82, 2.24) is 5.32 Å². The molecule has 0 saturated heterocycles. The van der Waals surface area contributed by atoms with Crippen LogP contribution in [-0.4, -0.2) is 18.5 Å². The Bertz CT molecular complexity index is 644. The van der Waals surface area contributed by atoms with E-state index in [0.29, 0.717) is 16.1 Å². The van der Waals surface area contributed by atoms with Crippen LogP contribution >= 0.6 is 11.6 Å². The highest BCUT2D eigenvalue weighted by Gasteiger charge is 2.29. The van der Waals surface area contributed by atoms with Crippen LogP contribution < -0.4 is 5.32 Å². The van der Waals surface area contributed by atoms with E-state index in [1.165, 1.54) is 6.07 Å². The molecular weight excluding hydrogens is 268 g/mol. The minimum absolute atomic E-state index is 0.152. The number of hydrogen-bond donors (Lipinski definition) is 1. The van der Waals surface area contributed by atoms with Gasteiger partial charge in [-0.05, 0) is 19.1 Å². The summed E-state index contributed by atoms with van der Waals surface area (Å²) in [6, 6.07) is 6.42. The summed E-state index contributed by atoms with van der Waals surface area (Å²) >= 11 is 5.81. The van der Waals surface area contributed by atoms with Gasteiger partial charge in [0.2, 0.25) is 0 Å². The van der Waals surface area contributed by atoms with Crippen LogP contribution in [0, 0.1) is 11.3 Å². The predicted octanol–water partition coefficient (Wildman–Crippen LogP) is 1.88. The zero-order valence-electron chi connectivity index (χ0n) is 9.99. The van der Waals surface area contributed by atoms with Crippen molar-refractivity contribution in [2.24, 2.45) is 0 Å². The zero-order chi connectivity index (χ0) is 14.0. The number of esters is 1. The molecular formula is C13H9ClN2O3. The van der Waals surface area contributed by atoms with Gasteiger partial charge in [-0.3, -0.25) is 4.79 Å². The lowest BCUT2D eigenvalue weighted by atomic mass is 10.1. The fourth-order valence-electron chi connectivity index (χ4n) is 1.77. The van der Waals surface area contributed by atoms with Crippen molar-refractivity contribution < 1.29 is 14.3 Å². The number of rotatable bonds is 2. The monoisotopic (exact) mass is 276 g/mol. The number of amides is 1. The Morgan fingerprint density at radius 1 is 1.47 bits per heavy atom. The number of hydrogen-bond acceptors (Lipinski definition) is 4. The minimum atomic E-state index is -0.761. The van der Waals surface area contributed by atoms with Crippen LogP contribution in [0.1, 0.15) is 22.8 Å². The summed E-state index contributed by atoms with van der Waals surface area (Å²) in [6.07, 6.45) is 0. The molecule has 0 aliphatic carbocycles. The van der Waals surface area contributed by atoms with E-state index >= 15 is 0 Å². The molecule has 0 saturated carbocycles. The first-order valence-corrected chi connectivity index (χ1v) is 5.89. The van der Waals surface area contributed by atoms with Gasteiger partial charge in [0.05, 0.1) is 17.9 Å². The number of benzene rings is 1. The summed E-state index contributed by atoms with van der Waals surface area (Å²) in [5.41, 5.74) is 0.743. The number of halogens is 1. The molecule has 1 aliphatic heterocycles. The highest BCUT2D eigenvalue weighted by molar-refractivity contribution is 6.31. The summed E-state index contributed by atoms with van der Waals surface area (Å²) < 4.78 is 4.78. The van der Waals surface area contributed by atoms with Crippen molar-refractivity contribution in [3.05, 3.63) is 39.9 Å². The molecule has 5 nitrogen and oxygen atoms in total. The van der Waals surface area contributed by atoms with E-state index in [9.17, 15) is 9.59 Å². The van der Waals surface area contributed by atoms with Crippen LogP contribution in [0.25, 0.3) is 5.70 Å². The van der Waals surface area contributed by atoms with Crippen LogP contribution in [0.3, 0.4) is 0 Å². The van der Waals surface area contributed by atoms with E-state index in [1.807, 2.05) is 0 Å². The van der Waals surface area contributed by atoms with Crippen molar-refractivity contribution in [2.45, 2.75) is 6.92 Å². The topological polar surface area (TPSA) is 79.2 Å². The first-order valence-electron chi connectivity index (χ1n) is 5.51. The largest absolute Gasteiger partial charge is 0.462 e. The Labute approximate surface area is 114 Å². The summed E-state index contributed by atoms with van der Waals surface area (Å²) in [4.78, 5) is 23.4. The lowest BCUT2D eigenvalue weighted by molar-refractivity contribution is -0.137. The quantitative estimate of drug-likeness (QED) is 0.508. The van der Waals surface area contributed by atoms with Crippen molar-refractivity contribution in [3.63, 3.8) is 0 Å². The van der Waals surface area contributed by atoms with Crippen LogP contribution in [-0.2, 0) is 9.53 Å². The second-order valence-corrected chi connectivity index (χ2v) is 4.16. The Morgan fingerprint density at radius 2 is 2.21 bits per heavy atom. The molecule has 0 fully saturated rings. The van der Waals surface area contributed by atoms with Gasteiger partial charge >= 0.3 is 5.97 Å². The molecule has 19 heavy (non-hydrogen) atoms. The van der Waals surface area contributed by atoms with Crippen LogP contribution in [0.4, 0.5) is 0 Å². The van der Waals surface area contributed by atoms with Gasteiger partial charge in [0.25, 0.3) is 5.91 Å². The summed E-state index contributed by atoms with van der Waals surface area (Å²) in [5, 5.41) is 12.0. The maximum absolute atomic E-state index is 11.8. The van der Waals surface area contributed by atoms with Crippen molar-refractivity contribution in [3.8, 4) is 6.07 Å². The predicted molar refractivity (Wildman–Crippen MR) is 68.1 cm³/mol. The first-order chi connectivity index (χ1) is 9.08. The van der Waals surface area contributed by atoms with E-state index in [-0.39, 0.29) is 17.9 Å². The average molecular weight is 277 g/mol. The molecule has 1 aromatic carbocycles. The lowest BCUT2D eigenvalue weighted by Gasteiger charge is -2.04. The maximum atomic E-state index is 11.8. The number of nitriles is 1. The fourth-order valence-corrected chi connectivity index (χ4v) is 1.95. The van der Waals surface area contributed by atoms with E-state index in [0.717, 1.165) is 0 Å². The highest BCUT2D eigenvalue weighted by atomic mass is 35.5. The average Bonchev–Trinajstić information content (AvgIpc) is 2.68. The second-order valence-electron chi connectivity index (χ2n) is 3.73. The molecule has 2 rings (SSSR count). The molecule has 6 heteroatoms. The van der Waals surface area contributed by atoms with Gasteiger partial charge < -0.3 is 10.1 Å². The molecule has 1 heterocycles. The number of carbonyl (C=O) groups excluding carboxylic acids is 2. The second kappa shape index (κ2) is 5.12. The van der Waals surface area contributed by atoms with Gasteiger partial charge in [-0.25, -0.2) is 4.79 Å². The summed E-state index contributed by atoms with van der Waals surface area (Å²) in [5.74, 6) is -1.16. The number of nitrogens with zero attached hydrogens (tertiary/aromatic N) is 1. The van der Waals surface area contributed by atoms with E-state index < -0.39 is 11.9 Å². The molecule has 0 radical (unpaired) electrons. The van der Waals surface area contributed by atoms with Crippen LogP contribution in [0.2, 0.25) is 5.02 Å². The first kappa shape index (κ1) is 13.1. The molecule has 1 amide bonds. The van der Waals surface area contributed by atoms with Crippen LogP contribution in [0.15, 0.2) is 23.8 Å². The Kier molecular flexibility index (Phi) is 3.54. The normalized spacial score (nSPS) is 15.3. The number of fused-ring (bicyclic) bond motifs is 1. The third-order valence-electron chi connectivity index (χ3n) is 2.58. The Hall–Kier alpha value is -2.32. The molecule has 0 bridgehead atoms. The van der Waals surface area contributed by atoms with Crippen molar-refractivity contribution >= 4 is 29.2 Å². The molecule has 0 aromatic heterocycles. The summed E-state index contributed by atoms with van der Waals surface area (Å²) in [6.45, 7) is 1.79. The molecule has 96 valence electrons. The maximum Gasteiger partial charge on any atom is 0.351 e.